The first-order valence-electron chi connectivity index (χ1n) is 8.28. The third-order valence-corrected chi connectivity index (χ3v) is 4.05. The Morgan fingerprint density at radius 1 is 1.48 bits per heavy atom. The lowest BCUT2D eigenvalue weighted by atomic mass is 10.00. The standard InChI is InChI=1S/C16H32N4O/c1-5-6-11-19(4)16(17-3)18-10-9-15(21)20-12-7-8-14(2)13-20/h14H,5-13H2,1-4H3,(H,17,18). The minimum atomic E-state index is 0.265. The number of aliphatic imine (C=N–C) groups is 1. The Morgan fingerprint density at radius 3 is 2.86 bits per heavy atom. The van der Waals surface area contributed by atoms with E-state index in [4.69, 9.17) is 0 Å². The summed E-state index contributed by atoms with van der Waals surface area (Å²) in [6.45, 7) is 7.91. The number of carbonyl (C=O) groups excluding carboxylic acids is 1. The summed E-state index contributed by atoms with van der Waals surface area (Å²) in [5.74, 6) is 1.78. The Bertz CT molecular complexity index is 343. The van der Waals surface area contributed by atoms with E-state index >= 15 is 0 Å². The molecule has 1 unspecified atom stereocenters. The third kappa shape index (κ3) is 6.36. The first kappa shape index (κ1) is 17.8. The van der Waals surface area contributed by atoms with Crippen LogP contribution in [0.25, 0.3) is 0 Å². The van der Waals surface area contributed by atoms with Crippen LogP contribution >= 0.6 is 0 Å². The number of amides is 1. The van der Waals surface area contributed by atoms with E-state index in [-0.39, 0.29) is 5.91 Å². The summed E-state index contributed by atoms with van der Waals surface area (Å²) in [4.78, 5) is 20.6. The van der Waals surface area contributed by atoms with Crippen molar-refractivity contribution in [1.82, 2.24) is 15.1 Å². The summed E-state index contributed by atoms with van der Waals surface area (Å²) >= 11 is 0. The molecule has 0 aromatic carbocycles. The van der Waals surface area contributed by atoms with E-state index < -0.39 is 0 Å². The lowest BCUT2D eigenvalue weighted by Crippen LogP contribution is -2.43. The minimum absolute atomic E-state index is 0.265. The number of rotatable bonds is 6. The molecule has 5 nitrogen and oxygen atoms in total. The third-order valence-electron chi connectivity index (χ3n) is 4.05. The maximum Gasteiger partial charge on any atom is 0.224 e. The van der Waals surface area contributed by atoms with Crippen molar-refractivity contribution in [2.75, 3.05) is 40.3 Å². The van der Waals surface area contributed by atoms with Gasteiger partial charge in [0, 0.05) is 46.7 Å². The Morgan fingerprint density at radius 2 is 2.24 bits per heavy atom. The second-order valence-electron chi connectivity index (χ2n) is 6.09. The van der Waals surface area contributed by atoms with E-state index in [1.807, 2.05) is 11.9 Å². The topological polar surface area (TPSA) is 47.9 Å². The van der Waals surface area contributed by atoms with Crippen molar-refractivity contribution in [3.63, 3.8) is 0 Å². The number of hydrogen-bond acceptors (Lipinski definition) is 2. The van der Waals surface area contributed by atoms with Gasteiger partial charge < -0.3 is 15.1 Å². The highest BCUT2D eigenvalue weighted by Crippen LogP contribution is 2.15. The molecule has 1 atom stereocenters. The van der Waals surface area contributed by atoms with Crippen LogP contribution in [-0.2, 0) is 4.79 Å². The summed E-state index contributed by atoms with van der Waals surface area (Å²) < 4.78 is 0. The highest BCUT2D eigenvalue weighted by Gasteiger charge is 2.20. The monoisotopic (exact) mass is 296 g/mol. The molecule has 1 rings (SSSR count). The van der Waals surface area contributed by atoms with Crippen molar-refractivity contribution < 1.29 is 4.79 Å². The van der Waals surface area contributed by atoms with Gasteiger partial charge in [-0.3, -0.25) is 9.79 Å². The molecule has 0 aromatic rings. The number of carbonyl (C=O) groups is 1. The first-order chi connectivity index (χ1) is 10.1. The molecule has 1 aliphatic rings. The molecule has 21 heavy (non-hydrogen) atoms. The molecule has 122 valence electrons. The zero-order valence-electron chi connectivity index (χ0n) is 14.2. The quantitative estimate of drug-likeness (QED) is 0.602. The summed E-state index contributed by atoms with van der Waals surface area (Å²) in [5.41, 5.74) is 0. The van der Waals surface area contributed by atoms with Crippen LogP contribution in [0.4, 0.5) is 0 Å². The largest absolute Gasteiger partial charge is 0.356 e. The number of nitrogens with one attached hydrogen (secondary N) is 1. The van der Waals surface area contributed by atoms with E-state index in [9.17, 15) is 4.79 Å². The number of piperidine rings is 1. The van der Waals surface area contributed by atoms with Crippen LogP contribution in [0.2, 0.25) is 0 Å². The molecule has 5 heteroatoms. The van der Waals surface area contributed by atoms with Crippen molar-refractivity contribution in [3.05, 3.63) is 0 Å². The first-order valence-corrected chi connectivity index (χ1v) is 8.28. The minimum Gasteiger partial charge on any atom is -0.356 e. The van der Waals surface area contributed by atoms with Gasteiger partial charge in [-0.2, -0.15) is 0 Å². The van der Waals surface area contributed by atoms with Crippen LogP contribution in [0.5, 0.6) is 0 Å². The maximum absolute atomic E-state index is 12.2. The molecule has 1 aliphatic heterocycles. The molecule has 1 heterocycles. The van der Waals surface area contributed by atoms with Crippen molar-refractivity contribution in [2.24, 2.45) is 10.9 Å². The highest BCUT2D eigenvalue weighted by molar-refractivity contribution is 5.81. The highest BCUT2D eigenvalue weighted by atomic mass is 16.2. The SMILES string of the molecule is CCCCN(C)C(=NC)NCCC(=O)N1CCCC(C)C1. The van der Waals surface area contributed by atoms with Gasteiger partial charge in [0.2, 0.25) is 5.91 Å². The summed E-state index contributed by atoms with van der Waals surface area (Å²) in [6, 6.07) is 0. The fourth-order valence-electron chi connectivity index (χ4n) is 2.74. The van der Waals surface area contributed by atoms with Crippen molar-refractivity contribution in [2.45, 2.75) is 46.0 Å². The lowest BCUT2D eigenvalue weighted by molar-refractivity contribution is -0.132. The van der Waals surface area contributed by atoms with E-state index in [2.05, 4.69) is 29.1 Å². The number of nitrogens with zero attached hydrogens (tertiary/aromatic N) is 3. The fourth-order valence-corrected chi connectivity index (χ4v) is 2.74. The normalized spacial score (nSPS) is 19.5. The molecule has 1 N–H and O–H groups in total. The second kappa shape index (κ2) is 9.64. The molecule has 0 saturated carbocycles. The molecule has 0 aromatic heterocycles. The molecule has 0 aliphatic carbocycles. The van der Waals surface area contributed by atoms with E-state index in [1.54, 1.807) is 7.05 Å². The van der Waals surface area contributed by atoms with Gasteiger partial charge in [0.15, 0.2) is 5.96 Å². The predicted molar refractivity (Wildman–Crippen MR) is 88.5 cm³/mol. The van der Waals surface area contributed by atoms with Crippen LogP contribution in [0, 0.1) is 5.92 Å². The van der Waals surface area contributed by atoms with Crippen LogP contribution in [-0.4, -0.2) is 61.9 Å². The smallest absolute Gasteiger partial charge is 0.224 e. The van der Waals surface area contributed by atoms with E-state index in [0.717, 1.165) is 38.4 Å². The van der Waals surface area contributed by atoms with E-state index in [1.165, 1.54) is 12.8 Å². The fraction of sp³-hybridized carbons (Fsp3) is 0.875. The van der Waals surface area contributed by atoms with Crippen molar-refractivity contribution >= 4 is 11.9 Å². The van der Waals surface area contributed by atoms with Crippen LogP contribution in [0.15, 0.2) is 4.99 Å². The van der Waals surface area contributed by atoms with Crippen molar-refractivity contribution in [1.29, 1.82) is 0 Å². The second-order valence-corrected chi connectivity index (χ2v) is 6.09. The summed E-state index contributed by atoms with van der Waals surface area (Å²) in [7, 11) is 3.83. The molecule has 0 bridgehead atoms. The zero-order chi connectivity index (χ0) is 15.7. The Labute approximate surface area is 129 Å². The molecular formula is C16H32N4O. The Kier molecular flexibility index (Phi) is 8.16. The molecule has 1 saturated heterocycles. The zero-order valence-corrected chi connectivity index (χ0v) is 14.2. The summed E-state index contributed by atoms with van der Waals surface area (Å²) in [5, 5.41) is 3.29. The molecule has 1 fully saturated rings. The van der Waals surface area contributed by atoms with Crippen LogP contribution in [0.1, 0.15) is 46.0 Å². The van der Waals surface area contributed by atoms with Crippen LogP contribution in [0.3, 0.4) is 0 Å². The number of unbranched alkanes of at least 4 members (excludes halogenated alkanes) is 1. The number of hydrogen-bond donors (Lipinski definition) is 1. The number of guanidine groups is 1. The Hall–Kier alpha value is -1.26. The molecule has 1 amide bonds. The van der Waals surface area contributed by atoms with Gasteiger partial charge in [-0.05, 0) is 25.2 Å². The predicted octanol–water partition coefficient (Wildman–Crippen LogP) is 1.94. The number of likely N-dealkylation sites (tertiary alicyclic amines) is 1. The van der Waals surface area contributed by atoms with Gasteiger partial charge in [-0.25, -0.2) is 0 Å². The summed E-state index contributed by atoms with van der Waals surface area (Å²) in [6.07, 6.45) is 5.26. The van der Waals surface area contributed by atoms with Gasteiger partial charge in [-0.15, -0.1) is 0 Å². The average Bonchev–Trinajstić information content (AvgIpc) is 2.49. The van der Waals surface area contributed by atoms with Gasteiger partial charge in [0.25, 0.3) is 0 Å². The van der Waals surface area contributed by atoms with Crippen molar-refractivity contribution in [3.8, 4) is 0 Å². The van der Waals surface area contributed by atoms with E-state index in [0.29, 0.717) is 18.9 Å². The maximum atomic E-state index is 12.2. The molecule has 0 radical (unpaired) electrons. The van der Waals surface area contributed by atoms with Gasteiger partial charge in [0.1, 0.15) is 0 Å². The molecule has 0 spiro atoms. The Balaban J connectivity index is 2.29. The molecular weight excluding hydrogens is 264 g/mol. The van der Waals surface area contributed by atoms with Gasteiger partial charge >= 0.3 is 0 Å². The van der Waals surface area contributed by atoms with Gasteiger partial charge in [-0.1, -0.05) is 20.3 Å². The average molecular weight is 296 g/mol. The lowest BCUT2D eigenvalue weighted by Gasteiger charge is -2.31. The van der Waals surface area contributed by atoms with Gasteiger partial charge in [0.05, 0.1) is 0 Å². The van der Waals surface area contributed by atoms with Crippen LogP contribution < -0.4 is 5.32 Å².